The number of likely N-dealkylation sites (tertiary alicyclic amines) is 1. The Balaban J connectivity index is 0.00000480. The molecule has 1 fully saturated rings. The van der Waals surface area contributed by atoms with Gasteiger partial charge in [0.2, 0.25) is 0 Å². The number of guanidine groups is 1. The Bertz CT molecular complexity index is 670. The van der Waals surface area contributed by atoms with Crippen molar-refractivity contribution in [3.05, 3.63) is 29.8 Å². The highest BCUT2D eigenvalue weighted by molar-refractivity contribution is 14.0. The summed E-state index contributed by atoms with van der Waals surface area (Å²) < 4.78 is 10.7. The second-order valence-corrected chi connectivity index (χ2v) is 7.79. The SMILES string of the molecule is CCNC(=NCc1ccc(NC(=O)NC(C)C)cc1)N1CCC(COCCOC)C1.I. The Morgan fingerprint density at radius 2 is 2.00 bits per heavy atom. The molecule has 3 N–H and O–H groups in total. The first kappa shape index (κ1) is 27.4. The minimum Gasteiger partial charge on any atom is -0.382 e. The number of rotatable bonds is 10. The van der Waals surface area contributed by atoms with Crippen LogP contribution in [0.3, 0.4) is 0 Å². The summed E-state index contributed by atoms with van der Waals surface area (Å²) in [5.74, 6) is 1.46. The molecule has 0 aromatic heterocycles. The van der Waals surface area contributed by atoms with Crippen LogP contribution in [0.4, 0.5) is 10.5 Å². The van der Waals surface area contributed by atoms with Crippen LogP contribution in [-0.4, -0.2) is 69.5 Å². The lowest BCUT2D eigenvalue weighted by atomic mass is 10.1. The van der Waals surface area contributed by atoms with Gasteiger partial charge in [0.1, 0.15) is 0 Å². The van der Waals surface area contributed by atoms with E-state index in [1.807, 2.05) is 38.1 Å². The molecule has 0 radical (unpaired) electrons. The number of anilines is 1. The highest BCUT2D eigenvalue weighted by Gasteiger charge is 2.24. The van der Waals surface area contributed by atoms with E-state index in [1.165, 1.54) is 0 Å². The molecule has 1 aromatic carbocycles. The highest BCUT2D eigenvalue weighted by Crippen LogP contribution is 2.17. The molecule has 1 atom stereocenters. The van der Waals surface area contributed by atoms with Crippen molar-refractivity contribution in [1.82, 2.24) is 15.5 Å². The van der Waals surface area contributed by atoms with E-state index >= 15 is 0 Å². The fourth-order valence-corrected chi connectivity index (χ4v) is 3.27. The predicted octanol–water partition coefficient (Wildman–Crippen LogP) is 3.28. The molecule has 1 heterocycles. The van der Waals surface area contributed by atoms with Crippen LogP contribution >= 0.6 is 24.0 Å². The van der Waals surface area contributed by atoms with Gasteiger partial charge in [0.05, 0.1) is 26.4 Å². The standard InChI is InChI=1S/C22H37N5O3.HI/c1-5-23-21(27-11-10-19(15-27)16-30-13-12-29-4)24-14-18-6-8-20(9-7-18)26-22(28)25-17(2)3;/h6-9,17,19H,5,10-16H2,1-4H3,(H,23,24)(H2,25,26,28);1H. The van der Waals surface area contributed by atoms with E-state index in [0.29, 0.717) is 25.7 Å². The molecule has 1 aromatic rings. The molecular weight excluding hydrogens is 509 g/mol. The molecule has 0 spiro atoms. The molecule has 1 aliphatic heterocycles. The van der Waals surface area contributed by atoms with Crippen molar-refractivity contribution in [2.24, 2.45) is 10.9 Å². The molecule has 31 heavy (non-hydrogen) atoms. The number of hydrogen-bond acceptors (Lipinski definition) is 4. The summed E-state index contributed by atoms with van der Waals surface area (Å²) in [4.78, 5) is 18.9. The smallest absolute Gasteiger partial charge is 0.319 e. The number of aliphatic imine (C=N–C) groups is 1. The summed E-state index contributed by atoms with van der Waals surface area (Å²) in [6.45, 7) is 11.3. The van der Waals surface area contributed by atoms with E-state index in [4.69, 9.17) is 14.5 Å². The molecule has 2 rings (SSSR count). The molecule has 0 bridgehead atoms. The van der Waals surface area contributed by atoms with E-state index < -0.39 is 0 Å². The fraction of sp³-hybridized carbons (Fsp3) is 0.636. The van der Waals surface area contributed by atoms with E-state index in [0.717, 1.165) is 49.9 Å². The van der Waals surface area contributed by atoms with Crippen LogP contribution < -0.4 is 16.0 Å². The summed E-state index contributed by atoms with van der Waals surface area (Å²) in [5, 5.41) is 9.04. The lowest BCUT2D eigenvalue weighted by Gasteiger charge is -2.21. The van der Waals surface area contributed by atoms with Crippen molar-refractivity contribution in [2.45, 2.75) is 39.8 Å². The summed E-state index contributed by atoms with van der Waals surface area (Å²) in [6.07, 6.45) is 1.11. The summed E-state index contributed by atoms with van der Waals surface area (Å²) in [5.41, 5.74) is 1.86. The number of nitrogens with one attached hydrogen (secondary N) is 3. The molecule has 176 valence electrons. The number of urea groups is 1. The molecule has 8 nitrogen and oxygen atoms in total. The van der Waals surface area contributed by atoms with Crippen LogP contribution in [0, 0.1) is 5.92 Å². The average molecular weight is 547 g/mol. The minimum absolute atomic E-state index is 0. The number of hydrogen-bond donors (Lipinski definition) is 3. The molecular formula is C22H38IN5O3. The summed E-state index contributed by atoms with van der Waals surface area (Å²) in [7, 11) is 1.69. The maximum absolute atomic E-state index is 11.8. The Hall–Kier alpha value is -1.59. The number of carbonyl (C=O) groups excluding carboxylic acids is 1. The first-order valence-electron chi connectivity index (χ1n) is 10.8. The lowest BCUT2D eigenvalue weighted by molar-refractivity contribution is 0.0536. The number of ether oxygens (including phenoxy) is 2. The van der Waals surface area contributed by atoms with Gasteiger partial charge >= 0.3 is 6.03 Å². The largest absolute Gasteiger partial charge is 0.382 e. The van der Waals surface area contributed by atoms with Crippen molar-refractivity contribution < 1.29 is 14.3 Å². The van der Waals surface area contributed by atoms with E-state index in [1.54, 1.807) is 7.11 Å². The monoisotopic (exact) mass is 547 g/mol. The Labute approximate surface area is 203 Å². The Morgan fingerprint density at radius 3 is 2.65 bits per heavy atom. The zero-order chi connectivity index (χ0) is 21.8. The second kappa shape index (κ2) is 15.3. The normalized spacial score (nSPS) is 16.2. The van der Waals surface area contributed by atoms with Gasteiger partial charge in [-0.05, 0) is 44.9 Å². The third kappa shape index (κ3) is 10.5. The average Bonchev–Trinajstić information content (AvgIpc) is 3.18. The highest BCUT2D eigenvalue weighted by atomic mass is 127. The molecule has 1 unspecified atom stereocenters. The quantitative estimate of drug-likeness (QED) is 0.181. The van der Waals surface area contributed by atoms with Gasteiger partial charge in [-0.1, -0.05) is 12.1 Å². The van der Waals surface area contributed by atoms with Gasteiger partial charge in [0, 0.05) is 44.4 Å². The van der Waals surface area contributed by atoms with E-state index in [2.05, 4.69) is 27.8 Å². The van der Waals surface area contributed by atoms with Crippen molar-refractivity contribution >= 4 is 41.7 Å². The van der Waals surface area contributed by atoms with Crippen molar-refractivity contribution in [2.75, 3.05) is 51.9 Å². The summed E-state index contributed by atoms with van der Waals surface area (Å²) in [6, 6.07) is 7.70. The van der Waals surface area contributed by atoms with Gasteiger partial charge in [0.25, 0.3) is 0 Å². The van der Waals surface area contributed by atoms with Gasteiger partial charge in [0.15, 0.2) is 5.96 Å². The van der Waals surface area contributed by atoms with Crippen molar-refractivity contribution in [3.8, 4) is 0 Å². The lowest BCUT2D eigenvalue weighted by Crippen LogP contribution is -2.40. The van der Waals surface area contributed by atoms with Crippen LogP contribution in [0.25, 0.3) is 0 Å². The Kier molecular flexibility index (Phi) is 13.5. The molecule has 9 heteroatoms. The van der Waals surface area contributed by atoms with Gasteiger partial charge in [-0.2, -0.15) is 0 Å². The third-order valence-corrected chi connectivity index (χ3v) is 4.75. The summed E-state index contributed by atoms with van der Waals surface area (Å²) >= 11 is 0. The van der Waals surface area contributed by atoms with Crippen LogP contribution in [0.5, 0.6) is 0 Å². The fourth-order valence-electron chi connectivity index (χ4n) is 3.27. The maximum Gasteiger partial charge on any atom is 0.319 e. The van der Waals surface area contributed by atoms with Crippen LogP contribution in [0.15, 0.2) is 29.3 Å². The van der Waals surface area contributed by atoms with Crippen LogP contribution in [0.1, 0.15) is 32.8 Å². The number of methoxy groups -OCH3 is 1. The molecule has 0 aliphatic carbocycles. The maximum atomic E-state index is 11.8. The molecule has 1 saturated heterocycles. The molecule has 0 saturated carbocycles. The van der Waals surface area contributed by atoms with Crippen molar-refractivity contribution in [3.63, 3.8) is 0 Å². The van der Waals surface area contributed by atoms with Gasteiger partial charge in [-0.15, -0.1) is 24.0 Å². The number of amides is 2. The van der Waals surface area contributed by atoms with Crippen molar-refractivity contribution in [1.29, 1.82) is 0 Å². The number of halogens is 1. The van der Waals surface area contributed by atoms with E-state index in [-0.39, 0.29) is 36.0 Å². The number of nitrogens with zero attached hydrogens (tertiary/aromatic N) is 2. The van der Waals surface area contributed by atoms with Crippen LogP contribution in [-0.2, 0) is 16.0 Å². The first-order chi connectivity index (χ1) is 14.5. The molecule has 1 aliphatic rings. The number of benzene rings is 1. The van der Waals surface area contributed by atoms with E-state index in [9.17, 15) is 4.79 Å². The first-order valence-corrected chi connectivity index (χ1v) is 10.8. The van der Waals surface area contributed by atoms with Gasteiger partial charge < -0.3 is 30.3 Å². The van der Waals surface area contributed by atoms with Crippen LogP contribution in [0.2, 0.25) is 0 Å². The minimum atomic E-state index is -0.194. The third-order valence-electron chi connectivity index (χ3n) is 4.75. The zero-order valence-electron chi connectivity index (χ0n) is 19.1. The van der Waals surface area contributed by atoms with Gasteiger partial charge in [-0.25, -0.2) is 9.79 Å². The van der Waals surface area contributed by atoms with Gasteiger partial charge in [-0.3, -0.25) is 0 Å². The second-order valence-electron chi connectivity index (χ2n) is 7.79. The Morgan fingerprint density at radius 1 is 1.26 bits per heavy atom. The number of carbonyl (C=O) groups is 1. The zero-order valence-corrected chi connectivity index (χ0v) is 21.5. The predicted molar refractivity (Wildman–Crippen MR) is 136 cm³/mol. The topological polar surface area (TPSA) is 87.2 Å². The molecule has 2 amide bonds.